The molecule has 0 aliphatic rings. The minimum Gasteiger partial charge on any atom is -0.325 e. The lowest BCUT2D eigenvalue weighted by Gasteiger charge is -2.07. The van der Waals surface area contributed by atoms with Gasteiger partial charge < -0.3 is 5.32 Å². The maximum atomic E-state index is 12.2. The van der Waals surface area contributed by atoms with Crippen LogP contribution in [0.2, 0.25) is 0 Å². The summed E-state index contributed by atoms with van der Waals surface area (Å²) in [5.74, 6) is 0.234. The number of hydrogen-bond donors (Lipinski definition) is 1. The molecule has 0 atom stereocenters. The lowest BCUT2D eigenvalue weighted by Crippen LogP contribution is -2.14. The zero-order valence-corrected chi connectivity index (χ0v) is 17.2. The molecule has 4 aromatic rings. The Morgan fingerprint density at radius 3 is 2.34 bits per heavy atom. The van der Waals surface area contributed by atoms with Crippen LogP contribution in [0.25, 0.3) is 22.0 Å². The molecule has 0 bridgehead atoms. The average Bonchev–Trinajstić information content (AvgIpc) is 2.71. The highest BCUT2D eigenvalue weighted by molar-refractivity contribution is 7.99. The molecule has 0 saturated carbocycles. The van der Waals surface area contributed by atoms with Gasteiger partial charge in [-0.15, -0.1) is 10.2 Å². The molecular weight excluding hydrogens is 378 g/mol. The summed E-state index contributed by atoms with van der Waals surface area (Å²) in [6, 6.07) is 24.4. The molecule has 3 aromatic carbocycles. The molecular formula is C24H21N3OS. The van der Waals surface area contributed by atoms with Gasteiger partial charge in [0, 0.05) is 11.3 Å². The van der Waals surface area contributed by atoms with E-state index < -0.39 is 0 Å². The molecule has 0 aliphatic heterocycles. The van der Waals surface area contributed by atoms with Crippen molar-refractivity contribution in [1.29, 1.82) is 0 Å². The number of fused-ring (bicyclic) bond motifs is 1. The van der Waals surface area contributed by atoms with Crippen molar-refractivity contribution in [2.75, 3.05) is 11.1 Å². The van der Waals surface area contributed by atoms with Crippen LogP contribution in [-0.4, -0.2) is 21.9 Å². The lowest BCUT2D eigenvalue weighted by atomic mass is 10.1. The van der Waals surface area contributed by atoms with Crippen molar-refractivity contribution in [2.45, 2.75) is 18.9 Å². The van der Waals surface area contributed by atoms with Gasteiger partial charge in [-0.25, -0.2) is 0 Å². The van der Waals surface area contributed by atoms with Crippen LogP contribution in [0.15, 0.2) is 77.8 Å². The number of benzene rings is 3. The van der Waals surface area contributed by atoms with Gasteiger partial charge in [0.05, 0.1) is 11.4 Å². The van der Waals surface area contributed by atoms with Crippen LogP contribution in [0.3, 0.4) is 0 Å². The van der Waals surface area contributed by atoms with Crippen molar-refractivity contribution in [1.82, 2.24) is 10.2 Å². The Kier molecular flexibility index (Phi) is 5.58. The average molecular weight is 400 g/mol. The molecule has 29 heavy (non-hydrogen) atoms. The zero-order chi connectivity index (χ0) is 20.2. The number of aryl methyl sites for hydroxylation is 2. The van der Waals surface area contributed by atoms with E-state index >= 15 is 0 Å². The molecule has 5 heteroatoms. The smallest absolute Gasteiger partial charge is 0.234 e. The van der Waals surface area contributed by atoms with Gasteiger partial charge in [0.1, 0.15) is 5.03 Å². The first-order valence-corrected chi connectivity index (χ1v) is 10.4. The number of hydrogen-bond acceptors (Lipinski definition) is 4. The zero-order valence-electron chi connectivity index (χ0n) is 16.3. The molecule has 4 rings (SSSR count). The highest BCUT2D eigenvalue weighted by Gasteiger charge is 2.07. The van der Waals surface area contributed by atoms with Crippen LogP contribution >= 0.6 is 11.8 Å². The standard InChI is InChI=1S/C24H21N3OS/c1-16-11-17(2)13-21(12-16)25-23(28)15-29-24-10-9-22(26-27-24)20-8-7-18-5-3-4-6-19(18)14-20/h3-14H,15H2,1-2H3,(H,25,28). The van der Waals surface area contributed by atoms with Crippen molar-refractivity contribution in [3.63, 3.8) is 0 Å². The first kappa shape index (κ1) is 19.2. The second kappa shape index (κ2) is 8.45. The summed E-state index contributed by atoms with van der Waals surface area (Å²) < 4.78 is 0. The number of amides is 1. The Hall–Kier alpha value is -3.18. The molecule has 144 valence electrons. The maximum absolute atomic E-state index is 12.2. The van der Waals surface area contributed by atoms with Crippen LogP contribution in [0.1, 0.15) is 11.1 Å². The third kappa shape index (κ3) is 4.81. The van der Waals surface area contributed by atoms with Crippen molar-refractivity contribution in [3.8, 4) is 11.3 Å². The van der Waals surface area contributed by atoms with Crippen molar-refractivity contribution in [2.24, 2.45) is 0 Å². The van der Waals surface area contributed by atoms with Crippen molar-refractivity contribution < 1.29 is 4.79 Å². The van der Waals surface area contributed by atoms with Gasteiger partial charge in [-0.3, -0.25) is 4.79 Å². The predicted octanol–water partition coefficient (Wildman–Crippen LogP) is 5.64. The summed E-state index contributed by atoms with van der Waals surface area (Å²) in [4.78, 5) is 12.2. The van der Waals surface area contributed by atoms with Gasteiger partial charge in [0.25, 0.3) is 0 Å². The van der Waals surface area contributed by atoms with E-state index in [9.17, 15) is 4.79 Å². The molecule has 1 aromatic heterocycles. The third-order valence-electron chi connectivity index (χ3n) is 4.54. The van der Waals surface area contributed by atoms with Gasteiger partial charge in [0.2, 0.25) is 5.91 Å². The van der Waals surface area contributed by atoms with E-state index in [1.165, 1.54) is 22.5 Å². The number of thioether (sulfide) groups is 1. The molecule has 1 heterocycles. The first-order chi connectivity index (χ1) is 14.1. The Balaban J connectivity index is 1.39. The Morgan fingerprint density at radius 1 is 0.862 bits per heavy atom. The molecule has 0 radical (unpaired) electrons. The fourth-order valence-corrected chi connectivity index (χ4v) is 3.90. The fraction of sp³-hybridized carbons (Fsp3) is 0.125. The number of aromatic nitrogens is 2. The second-order valence-electron chi connectivity index (χ2n) is 7.03. The molecule has 1 N–H and O–H groups in total. The summed E-state index contributed by atoms with van der Waals surface area (Å²) in [7, 11) is 0. The van der Waals surface area contributed by atoms with Crippen LogP contribution in [0.4, 0.5) is 5.69 Å². The second-order valence-corrected chi connectivity index (χ2v) is 8.03. The van der Waals surface area contributed by atoms with Crippen LogP contribution in [0, 0.1) is 13.8 Å². The van der Waals surface area contributed by atoms with Gasteiger partial charge in [-0.1, -0.05) is 54.2 Å². The fourth-order valence-electron chi connectivity index (χ4n) is 3.28. The van der Waals surface area contributed by atoms with Gasteiger partial charge in [-0.05, 0) is 66.1 Å². The topological polar surface area (TPSA) is 54.9 Å². The summed E-state index contributed by atoms with van der Waals surface area (Å²) in [6.45, 7) is 4.04. The molecule has 0 unspecified atom stereocenters. The minimum absolute atomic E-state index is 0.0552. The van der Waals surface area contributed by atoms with E-state index in [0.29, 0.717) is 0 Å². The molecule has 0 aliphatic carbocycles. The summed E-state index contributed by atoms with van der Waals surface area (Å²) in [5, 5.41) is 14.7. The van der Waals surface area contributed by atoms with Gasteiger partial charge in [-0.2, -0.15) is 0 Å². The molecule has 0 saturated heterocycles. The van der Waals surface area contributed by atoms with Gasteiger partial charge in [0.15, 0.2) is 0 Å². The Bertz CT molecular complexity index is 1150. The molecule has 4 nitrogen and oxygen atoms in total. The number of carbonyl (C=O) groups is 1. The summed E-state index contributed by atoms with van der Waals surface area (Å²) in [6.07, 6.45) is 0. The third-order valence-corrected chi connectivity index (χ3v) is 5.46. The van der Waals surface area contributed by atoms with Crippen molar-refractivity contribution >= 4 is 34.1 Å². The number of nitrogens with one attached hydrogen (secondary N) is 1. The largest absolute Gasteiger partial charge is 0.325 e. The van der Waals surface area contributed by atoms with Crippen LogP contribution in [-0.2, 0) is 4.79 Å². The SMILES string of the molecule is Cc1cc(C)cc(NC(=O)CSc2ccc(-c3ccc4ccccc4c3)nn2)c1. The van der Waals surface area contributed by atoms with Crippen LogP contribution < -0.4 is 5.32 Å². The van der Waals surface area contributed by atoms with Crippen molar-refractivity contribution in [3.05, 3.63) is 83.9 Å². The quantitative estimate of drug-likeness (QED) is 0.441. The summed E-state index contributed by atoms with van der Waals surface area (Å²) >= 11 is 1.38. The number of carbonyl (C=O) groups excluding carboxylic acids is 1. The van der Waals surface area contributed by atoms with E-state index in [0.717, 1.165) is 33.1 Å². The Labute approximate surface area is 174 Å². The lowest BCUT2D eigenvalue weighted by molar-refractivity contribution is -0.113. The molecule has 0 fully saturated rings. The van der Waals surface area contributed by atoms with E-state index in [2.05, 4.69) is 51.9 Å². The summed E-state index contributed by atoms with van der Waals surface area (Å²) in [5.41, 5.74) is 4.93. The molecule has 1 amide bonds. The Morgan fingerprint density at radius 2 is 1.62 bits per heavy atom. The maximum Gasteiger partial charge on any atom is 0.234 e. The highest BCUT2D eigenvalue weighted by atomic mass is 32.2. The van der Waals surface area contributed by atoms with E-state index in [-0.39, 0.29) is 11.7 Å². The van der Waals surface area contributed by atoms with E-state index in [4.69, 9.17) is 0 Å². The monoisotopic (exact) mass is 399 g/mol. The number of anilines is 1. The number of rotatable bonds is 5. The number of nitrogens with zero attached hydrogens (tertiary/aromatic N) is 2. The predicted molar refractivity (Wildman–Crippen MR) is 120 cm³/mol. The highest BCUT2D eigenvalue weighted by Crippen LogP contribution is 2.24. The van der Waals surface area contributed by atoms with E-state index in [1.807, 2.05) is 50.2 Å². The first-order valence-electron chi connectivity index (χ1n) is 9.41. The minimum atomic E-state index is -0.0552. The van der Waals surface area contributed by atoms with Crippen LogP contribution in [0.5, 0.6) is 0 Å². The molecule has 0 spiro atoms. The van der Waals surface area contributed by atoms with Gasteiger partial charge >= 0.3 is 0 Å². The normalized spacial score (nSPS) is 10.8. The van der Waals surface area contributed by atoms with E-state index in [1.54, 1.807) is 0 Å².